The van der Waals surface area contributed by atoms with Crippen molar-refractivity contribution in [2.24, 2.45) is 5.41 Å². The van der Waals surface area contributed by atoms with Gasteiger partial charge in [-0.15, -0.1) is 0 Å². The smallest absolute Gasteiger partial charge is 0.0483 e. The van der Waals surface area contributed by atoms with Crippen molar-refractivity contribution in [3.63, 3.8) is 0 Å². The zero-order valence-electron chi connectivity index (χ0n) is 11.6. The van der Waals surface area contributed by atoms with Gasteiger partial charge in [0.15, 0.2) is 0 Å². The third-order valence-electron chi connectivity index (χ3n) is 3.09. The first kappa shape index (κ1) is 12.2. The molecule has 0 saturated carbocycles. The maximum atomic E-state index is 2.41. The fraction of sp³-hybridized carbons (Fsp3) is 0.500. The van der Waals surface area contributed by atoms with Gasteiger partial charge in [0.25, 0.3) is 0 Å². The van der Waals surface area contributed by atoms with Crippen LogP contribution in [0.4, 0.5) is 0 Å². The van der Waals surface area contributed by atoms with Gasteiger partial charge in [-0.2, -0.15) is 0 Å². The van der Waals surface area contributed by atoms with E-state index in [4.69, 9.17) is 0 Å². The topological polar surface area (TPSA) is 4.93 Å². The van der Waals surface area contributed by atoms with Gasteiger partial charge in [-0.05, 0) is 23.0 Å². The Balaban J connectivity index is 2.57. The molecule has 0 atom stereocenters. The fourth-order valence-electron chi connectivity index (χ4n) is 2.38. The largest absolute Gasteiger partial charge is 0.347 e. The van der Waals surface area contributed by atoms with Crippen molar-refractivity contribution in [1.82, 2.24) is 4.57 Å². The molecule has 2 aromatic rings. The molecule has 0 bridgehead atoms. The number of hydrogen-bond donors (Lipinski definition) is 0. The van der Waals surface area contributed by atoms with Gasteiger partial charge in [-0.3, -0.25) is 0 Å². The molecule has 0 aliphatic heterocycles. The van der Waals surface area contributed by atoms with Crippen molar-refractivity contribution < 1.29 is 0 Å². The molecule has 1 aromatic carbocycles. The van der Waals surface area contributed by atoms with Crippen LogP contribution < -0.4 is 0 Å². The molecule has 0 fully saturated rings. The lowest BCUT2D eigenvalue weighted by Crippen LogP contribution is -2.14. The minimum absolute atomic E-state index is 0.316. The number of para-hydroxylation sites is 1. The van der Waals surface area contributed by atoms with Crippen molar-refractivity contribution in [3.05, 3.63) is 36.0 Å². The van der Waals surface area contributed by atoms with Gasteiger partial charge in [-0.1, -0.05) is 52.8 Å². The molecule has 17 heavy (non-hydrogen) atoms. The maximum absolute atomic E-state index is 2.41. The van der Waals surface area contributed by atoms with Crippen molar-refractivity contribution in [2.45, 2.75) is 47.1 Å². The summed E-state index contributed by atoms with van der Waals surface area (Å²) in [7, 11) is 0. The second-order valence-electron chi connectivity index (χ2n) is 6.44. The Morgan fingerprint density at radius 2 is 1.76 bits per heavy atom. The summed E-state index contributed by atoms with van der Waals surface area (Å²) in [6.07, 6.45) is 2.33. The van der Waals surface area contributed by atoms with Crippen LogP contribution in [0.5, 0.6) is 0 Å². The SMILES string of the molecule is CC(C)c1cn(CC(C)(C)C)c2ccccc12. The Hall–Kier alpha value is -1.24. The van der Waals surface area contributed by atoms with Gasteiger partial charge >= 0.3 is 0 Å². The summed E-state index contributed by atoms with van der Waals surface area (Å²) in [5, 5.41) is 1.41. The average Bonchev–Trinajstić information content (AvgIpc) is 2.55. The van der Waals surface area contributed by atoms with Crippen LogP contribution in [-0.2, 0) is 6.54 Å². The van der Waals surface area contributed by atoms with E-state index in [9.17, 15) is 0 Å². The van der Waals surface area contributed by atoms with Crippen LogP contribution >= 0.6 is 0 Å². The van der Waals surface area contributed by atoms with Gasteiger partial charge in [0.1, 0.15) is 0 Å². The van der Waals surface area contributed by atoms with E-state index >= 15 is 0 Å². The van der Waals surface area contributed by atoms with Crippen molar-refractivity contribution in [1.29, 1.82) is 0 Å². The molecule has 0 saturated heterocycles. The minimum atomic E-state index is 0.316. The Bertz CT molecular complexity index is 512. The van der Waals surface area contributed by atoms with E-state index in [0.29, 0.717) is 11.3 Å². The molecule has 0 amide bonds. The third-order valence-corrected chi connectivity index (χ3v) is 3.09. The predicted molar refractivity (Wildman–Crippen MR) is 75.5 cm³/mol. The van der Waals surface area contributed by atoms with Gasteiger partial charge in [-0.25, -0.2) is 0 Å². The normalized spacial score (nSPS) is 12.6. The van der Waals surface area contributed by atoms with Crippen LogP contribution in [-0.4, -0.2) is 4.57 Å². The molecule has 0 aliphatic rings. The zero-order valence-corrected chi connectivity index (χ0v) is 11.6. The zero-order chi connectivity index (χ0) is 12.6. The molecular weight excluding hydrogens is 206 g/mol. The standard InChI is InChI=1S/C16H23N/c1-12(2)14-10-17(11-16(3,4)5)15-9-7-6-8-13(14)15/h6-10,12H,11H2,1-5H3. The van der Waals surface area contributed by atoms with Gasteiger partial charge in [0, 0.05) is 23.6 Å². The molecule has 1 nitrogen and oxygen atoms in total. The molecule has 2 rings (SSSR count). The highest BCUT2D eigenvalue weighted by Gasteiger charge is 2.15. The maximum Gasteiger partial charge on any atom is 0.0483 e. The first-order valence-corrected chi connectivity index (χ1v) is 6.46. The van der Waals surface area contributed by atoms with E-state index in [1.165, 1.54) is 16.5 Å². The molecule has 0 N–H and O–H groups in total. The minimum Gasteiger partial charge on any atom is -0.347 e. The number of aromatic nitrogens is 1. The lowest BCUT2D eigenvalue weighted by atomic mass is 9.97. The van der Waals surface area contributed by atoms with E-state index in [1.54, 1.807) is 0 Å². The molecule has 0 aliphatic carbocycles. The number of fused-ring (bicyclic) bond motifs is 1. The summed E-state index contributed by atoms with van der Waals surface area (Å²) in [5.74, 6) is 0.584. The van der Waals surface area contributed by atoms with E-state index in [-0.39, 0.29) is 0 Å². The van der Waals surface area contributed by atoms with Crippen LogP contribution in [0.3, 0.4) is 0 Å². The number of rotatable bonds is 2. The monoisotopic (exact) mass is 229 g/mol. The molecule has 1 aromatic heterocycles. The molecule has 1 heteroatoms. The van der Waals surface area contributed by atoms with E-state index < -0.39 is 0 Å². The van der Waals surface area contributed by atoms with Crippen LogP contribution in [0.1, 0.15) is 46.1 Å². The Morgan fingerprint density at radius 3 is 2.35 bits per heavy atom. The summed E-state index contributed by atoms with van der Waals surface area (Å²) >= 11 is 0. The van der Waals surface area contributed by atoms with Crippen molar-refractivity contribution in [3.8, 4) is 0 Å². The molecule has 0 unspecified atom stereocenters. The second-order valence-corrected chi connectivity index (χ2v) is 6.44. The van der Waals surface area contributed by atoms with Crippen LogP contribution in [0.25, 0.3) is 10.9 Å². The highest BCUT2D eigenvalue weighted by atomic mass is 15.0. The highest BCUT2D eigenvalue weighted by molar-refractivity contribution is 5.84. The fourth-order valence-corrected chi connectivity index (χ4v) is 2.38. The first-order chi connectivity index (χ1) is 7.88. The summed E-state index contributed by atoms with van der Waals surface area (Å²) < 4.78 is 2.41. The van der Waals surface area contributed by atoms with E-state index in [2.05, 4.69) is 69.6 Å². The lowest BCUT2D eigenvalue weighted by molar-refractivity contribution is 0.349. The number of nitrogens with zero attached hydrogens (tertiary/aromatic N) is 1. The summed E-state index contributed by atoms with van der Waals surface area (Å²) in [6, 6.07) is 8.73. The Kier molecular flexibility index (Phi) is 3.03. The van der Waals surface area contributed by atoms with Crippen LogP contribution in [0.2, 0.25) is 0 Å². The van der Waals surface area contributed by atoms with Crippen LogP contribution in [0, 0.1) is 5.41 Å². The van der Waals surface area contributed by atoms with Crippen LogP contribution in [0.15, 0.2) is 30.5 Å². The summed E-state index contributed by atoms with van der Waals surface area (Å²) in [4.78, 5) is 0. The Morgan fingerprint density at radius 1 is 1.12 bits per heavy atom. The van der Waals surface area contributed by atoms with Crippen molar-refractivity contribution >= 4 is 10.9 Å². The second kappa shape index (κ2) is 4.21. The van der Waals surface area contributed by atoms with E-state index in [1.807, 2.05) is 0 Å². The first-order valence-electron chi connectivity index (χ1n) is 6.46. The molecular formula is C16H23N. The summed E-state index contributed by atoms with van der Waals surface area (Å²) in [5.41, 5.74) is 3.15. The molecule has 1 heterocycles. The predicted octanol–water partition coefficient (Wildman–Crippen LogP) is 4.81. The quantitative estimate of drug-likeness (QED) is 0.696. The van der Waals surface area contributed by atoms with E-state index in [0.717, 1.165) is 6.54 Å². The lowest BCUT2D eigenvalue weighted by Gasteiger charge is -2.19. The Labute approximate surface area is 104 Å². The molecule has 92 valence electrons. The highest BCUT2D eigenvalue weighted by Crippen LogP contribution is 2.29. The number of benzene rings is 1. The molecule has 0 radical (unpaired) electrons. The van der Waals surface area contributed by atoms with Crippen molar-refractivity contribution in [2.75, 3.05) is 0 Å². The molecule has 0 spiro atoms. The van der Waals surface area contributed by atoms with Gasteiger partial charge < -0.3 is 4.57 Å². The summed E-state index contributed by atoms with van der Waals surface area (Å²) in [6.45, 7) is 12.5. The van der Waals surface area contributed by atoms with Gasteiger partial charge in [0.05, 0.1) is 0 Å². The van der Waals surface area contributed by atoms with Gasteiger partial charge in [0.2, 0.25) is 0 Å². The third kappa shape index (κ3) is 2.54. The number of hydrogen-bond acceptors (Lipinski definition) is 0. The average molecular weight is 229 g/mol.